The zero-order chi connectivity index (χ0) is 25.0. The van der Waals surface area contributed by atoms with Crippen LogP contribution in [0.3, 0.4) is 0 Å². The Bertz CT molecular complexity index is 1360. The third kappa shape index (κ3) is 5.97. The van der Waals surface area contributed by atoms with Gasteiger partial charge >= 0.3 is 6.18 Å². The highest BCUT2D eigenvalue weighted by Gasteiger charge is 2.40. The van der Waals surface area contributed by atoms with E-state index in [1.165, 1.54) is 24.3 Å². The Hall–Kier alpha value is -3.89. The number of amides is 1. The maximum atomic E-state index is 13.8. The molecular weight excluding hydrogens is 501 g/mol. The van der Waals surface area contributed by atoms with Crippen LogP contribution in [-0.2, 0) is 6.18 Å². The fraction of sp³-hybridized carbons (Fsp3) is 0.0417. The van der Waals surface area contributed by atoms with Crippen molar-refractivity contribution in [3.05, 3.63) is 101 Å². The lowest BCUT2D eigenvalue weighted by atomic mass is 10.2. The number of para-hydroxylation sites is 1. The van der Waals surface area contributed by atoms with Gasteiger partial charge in [-0.3, -0.25) is 10.1 Å². The molecule has 1 heterocycles. The van der Waals surface area contributed by atoms with E-state index in [1.807, 2.05) is 18.2 Å². The van der Waals surface area contributed by atoms with Gasteiger partial charge in [-0.1, -0.05) is 35.9 Å². The highest BCUT2D eigenvalue weighted by molar-refractivity contribution is 7.80. The molecule has 0 aliphatic heterocycles. The van der Waals surface area contributed by atoms with Crippen LogP contribution in [0.5, 0.6) is 11.5 Å². The van der Waals surface area contributed by atoms with Crippen molar-refractivity contribution < 1.29 is 22.7 Å². The fourth-order valence-electron chi connectivity index (χ4n) is 3.16. The van der Waals surface area contributed by atoms with Crippen LogP contribution in [0.4, 0.5) is 18.9 Å². The second-order valence-electron chi connectivity index (χ2n) is 7.14. The van der Waals surface area contributed by atoms with Crippen molar-refractivity contribution in [3.63, 3.8) is 0 Å². The van der Waals surface area contributed by atoms with Crippen molar-refractivity contribution >= 4 is 40.5 Å². The summed E-state index contributed by atoms with van der Waals surface area (Å²) in [5.41, 5.74) is -1.36. The lowest BCUT2D eigenvalue weighted by Crippen LogP contribution is -2.35. The summed E-state index contributed by atoms with van der Waals surface area (Å²) in [5.74, 6) is 0.0589. The molecule has 0 saturated carbocycles. The van der Waals surface area contributed by atoms with Gasteiger partial charge in [0.2, 0.25) is 0 Å². The molecule has 4 rings (SSSR count). The molecule has 6 nitrogen and oxygen atoms in total. The third-order valence-electron chi connectivity index (χ3n) is 4.65. The van der Waals surface area contributed by atoms with Crippen LogP contribution in [0.25, 0.3) is 5.69 Å². The van der Waals surface area contributed by atoms with Gasteiger partial charge < -0.3 is 10.1 Å². The maximum absolute atomic E-state index is 13.8. The monoisotopic (exact) mass is 516 g/mol. The Morgan fingerprint density at radius 2 is 1.66 bits per heavy atom. The minimum Gasteiger partial charge on any atom is -0.457 e. The Morgan fingerprint density at radius 1 is 0.971 bits per heavy atom. The summed E-state index contributed by atoms with van der Waals surface area (Å²) in [4.78, 5) is 12.7. The van der Waals surface area contributed by atoms with E-state index in [4.69, 9.17) is 28.6 Å². The minimum atomic E-state index is -4.86. The van der Waals surface area contributed by atoms with Gasteiger partial charge in [-0.05, 0) is 60.7 Å². The van der Waals surface area contributed by atoms with Crippen LogP contribution in [0.2, 0.25) is 5.02 Å². The average Bonchev–Trinajstić information content (AvgIpc) is 3.27. The molecular formula is C24H16ClF3N4O2S. The number of ether oxygens (including phenoxy) is 1. The van der Waals surface area contributed by atoms with E-state index in [2.05, 4.69) is 15.7 Å². The first-order chi connectivity index (χ1) is 16.7. The van der Waals surface area contributed by atoms with E-state index < -0.39 is 23.3 Å². The average molecular weight is 517 g/mol. The summed E-state index contributed by atoms with van der Waals surface area (Å²) in [6.07, 6.45) is -4.02. The second kappa shape index (κ2) is 10.2. The first kappa shape index (κ1) is 24.2. The van der Waals surface area contributed by atoms with Gasteiger partial charge in [0.15, 0.2) is 10.8 Å². The van der Waals surface area contributed by atoms with Crippen molar-refractivity contribution in [2.24, 2.45) is 0 Å². The smallest absolute Gasteiger partial charge is 0.434 e. The van der Waals surface area contributed by atoms with E-state index in [9.17, 15) is 18.0 Å². The zero-order valence-corrected chi connectivity index (χ0v) is 19.3. The summed E-state index contributed by atoms with van der Waals surface area (Å²) in [7, 11) is 0. The van der Waals surface area contributed by atoms with E-state index in [0.29, 0.717) is 26.9 Å². The van der Waals surface area contributed by atoms with Crippen molar-refractivity contribution in [2.45, 2.75) is 6.18 Å². The zero-order valence-electron chi connectivity index (χ0n) is 17.7. The number of nitrogens with one attached hydrogen (secondary N) is 2. The normalized spacial score (nSPS) is 11.1. The van der Waals surface area contributed by atoms with E-state index in [0.717, 1.165) is 6.20 Å². The van der Waals surface area contributed by atoms with E-state index in [-0.39, 0.29) is 10.8 Å². The predicted molar refractivity (Wildman–Crippen MR) is 130 cm³/mol. The second-order valence-corrected chi connectivity index (χ2v) is 7.99. The molecule has 3 aromatic carbocycles. The molecule has 1 amide bonds. The molecule has 1 aromatic heterocycles. The number of thiocarbonyl (C=S) groups is 1. The molecule has 0 atom stereocenters. The summed E-state index contributed by atoms with van der Waals surface area (Å²) < 4.78 is 47.9. The number of aromatic nitrogens is 2. The fourth-order valence-corrected chi connectivity index (χ4v) is 3.50. The predicted octanol–water partition coefficient (Wildman–Crippen LogP) is 6.46. The summed E-state index contributed by atoms with van der Waals surface area (Å²) in [6, 6.07) is 21.4. The number of hydrogen-bond donors (Lipinski definition) is 2. The van der Waals surface area contributed by atoms with Crippen LogP contribution in [0.1, 0.15) is 16.1 Å². The Kier molecular flexibility index (Phi) is 7.04. The Labute approximate surface area is 208 Å². The van der Waals surface area contributed by atoms with Crippen molar-refractivity contribution in [2.75, 3.05) is 5.32 Å². The molecule has 35 heavy (non-hydrogen) atoms. The molecule has 0 aliphatic carbocycles. The number of benzene rings is 3. The molecule has 0 radical (unpaired) electrons. The maximum Gasteiger partial charge on any atom is 0.434 e. The van der Waals surface area contributed by atoms with Crippen LogP contribution in [-0.4, -0.2) is 20.8 Å². The first-order valence-electron chi connectivity index (χ1n) is 10.1. The van der Waals surface area contributed by atoms with Gasteiger partial charge in [0, 0.05) is 16.8 Å². The van der Waals surface area contributed by atoms with E-state index >= 15 is 0 Å². The van der Waals surface area contributed by atoms with Gasteiger partial charge in [-0.2, -0.15) is 18.3 Å². The van der Waals surface area contributed by atoms with Gasteiger partial charge in [-0.15, -0.1) is 0 Å². The number of halogens is 4. The molecule has 0 saturated heterocycles. The first-order valence-corrected chi connectivity index (χ1v) is 10.9. The molecule has 0 fully saturated rings. The van der Waals surface area contributed by atoms with Crippen molar-refractivity contribution in [1.29, 1.82) is 0 Å². The molecule has 4 aromatic rings. The largest absolute Gasteiger partial charge is 0.457 e. The highest BCUT2D eigenvalue weighted by atomic mass is 35.5. The number of alkyl halides is 3. The van der Waals surface area contributed by atoms with Gasteiger partial charge in [0.25, 0.3) is 5.91 Å². The van der Waals surface area contributed by atoms with Gasteiger partial charge in [0.05, 0.1) is 17.4 Å². The molecule has 0 spiro atoms. The minimum absolute atomic E-state index is 0.0942. The third-order valence-corrected chi connectivity index (χ3v) is 5.11. The molecule has 0 aliphatic rings. The van der Waals surface area contributed by atoms with Crippen LogP contribution >= 0.6 is 23.8 Å². The lowest BCUT2D eigenvalue weighted by Gasteiger charge is -2.14. The molecule has 0 bridgehead atoms. The van der Waals surface area contributed by atoms with Crippen molar-refractivity contribution in [1.82, 2.24) is 15.1 Å². The molecule has 2 N–H and O–H groups in total. The Morgan fingerprint density at radius 3 is 2.34 bits per heavy atom. The number of carbonyl (C=O) groups is 1. The van der Waals surface area contributed by atoms with Gasteiger partial charge in [0.1, 0.15) is 11.5 Å². The highest BCUT2D eigenvalue weighted by Crippen LogP contribution is 2.34. The molecule has 0 unspecified atom stereocenters. The lowest BCUT2D eigenvalue weighted by molar-refractivity contribution is -0.143. The number of anilines is 1. The van der Waals surface area contributed by atoms with Crippen LogP contribution in [0, 0.1) is 0 Å². The molecule has 11 heteroatoms. The van der Waals surface area contributed by atoms with Gasteiger partial charge in [-0.25, -0.2) is 4.68 Å². The Balaban J connectivity index is 1.50. The number of carbonyl (C=O) groups excluding carboxylic acids is 1. The quantitative estimate of drug-likeness (QED) is 0.298. The number of rotatable bonds is 5. The number of hydrogen-bond acceptors (Lipinski definition) is 4. The topological polar surface area (TPSA) is 68.2 Å². The standard InChI is InChI=1S/C24H16ClF3N4O2S/c25-15-9-11-17(12-10-15)32-21(24(26,27)28)20(14-29-32)22(33)31-23(35)30-16-5-4-8-19(13-16)34-18-6-2-1-3-7-18/h1-14H,(H2,30,31,33,35). The summed E-state index contributed by atoms with van der Waals surface area (Å²) >= 11 is 10.9. The molecule has 178 valence electrons. The van der Waals surface area contributed by atoms with E-state index in [1.54, 1.807) is 36.4 Å². The van der Waals surface area contributed by atoms with Crippen LogP contribution < -0.4 is 15.4 Å². The SMILES string of the molecule is O=C(NC(=S)Nc1cccc(Oc2ccccc2)c1)c1cnn(-c2ccc(Cl)cc2)c1C(F)(F)F. The summed E-state index contributed by atoms with van der Waals surface area (Å²) in [6.45, 7) is 0. The number of nitrogens with zero attached hydrogens (tertiary/aromatic N) is 2. The van der Waals surface area contributed by atoms with Crippen molar-refractivity contribution in [3.8, 4) is 17.2 Å². The van der Waals surface area contributed by atoms with Crippen LogP contribution in [0.15, 0.2) is 85.1 Å². The summed E-state index contributed by atoms with van der Waals surface area (Å²) in [5, 5.41) is 8.95.